The van der Waals surface area contributed by atoms with Gasteiger partial charge in [-0.1, -0.05) is 12.8 Å². The number of hydrogen-bond acceptors (Lipinski definition) is 4. The molecule has 1 aliphatic rings. The molecule has 11 heavy (non-hydrogen) atoms. The van der Waals surface area contributed by atoms with Crippen LogP contribution in [0, 0.1) is 0 Å². The van der Waals surface area contributed by atoms with Gasteiger partial charge in [-0.25, -0.2) is 0 Å². The molecule has 0 aliphatic heterocycles. The van der Waals surface area contributed by atoms with Gasteiger partial charge >= 0.3 is 26.8 Å². The monoisotopic (exact) mass is 343 g/mol. The molecule has 6 N–H and O–H groups in total. The molecule has 0 aromatic heterocycles. The standard InChI is InChI=1S/C6H14N2.2H2O.Pt/c7-5-3-1-2-4-6(5)8;;;/h5-6H,1-4,7-8H2;2*1H2;/q;;;+2/p-2/t5-,6-;;;/m1.../s1. The molecule has 0 bridgehead atoms. The second-order valence-corrected chi connectivity index (χ2v) is 3.13. The first-order valence-electron chi connectivity index (χ1n) is 3.60. The first kappa shape index (κ1) is 11.5. The summed E-state index contributed by atoms with van der Waals surface area (Å²) < 4.78 is 14.5. The van der Waals surface area contributed by atoms with Crippen molar-refractivity contribution in [1.29, 1.82) is 0 Å². The maximum atomic E-state index is 7.24. The molecule has 4 nitrogen and oxygen atoms in total. The van der Waals surface area contributed by atoms with E-state index < -0.39 is 19.3 Å². The summed E-state index contributed by atoms with van der Waals surface area (Å²) in [5.41, 5.74) is 11.3. The van der Waals surface area contributed by atoms with Gasteiger partial charge < -0.3 is 11.5 Å². The third-order valence-electron chi connectivity index (χ3n) is 1.87. The van der Waals surface area contributed by atoms with Gasteiger partial charge in [0.25, 0.3) is 0 Å². The first-order valence-corrected chi connectivity index (χ1v) is 5.63. The fourth-order valence-electron chi connectivity index (χ4n) is 1.19. The Balaban J connectivity index is 0.000000292. The van der Waals surface area contributed by atoms with Gasteiger partial charge in [0.1, 0.15) is 0 Å². The van der Waals surface area contributed by atoms with Crippen molar-refractivity contribution in [3.8, 4) is 0 Å². The van der Waals surface area contributed by atoms with E-state index in [1.807, 2.05) is 0 Å². The Hall–Kier alpha value is 0.528. The zero-order valence-corrected chi connectivity index (χ0v) is 8.62. The molecule has 0 aromatic carbocycles. The molecule has 0 saturated heterocycles. The zero-order chi connectivity index (χ0) is 8.69. The van der Waals surface area contributed by atoms with Crippen LogP contribution < -0.4 is 11.5 Å². The average molecular weight is 343 g/mol. The van der Waals surface area contributed by atoms with Gasteiger partial charge in [0.2, 0.25) is 0 Å². The topological polar surface area (TPSA) is 92.5 Å². The third-order valence-corrected chi connectivity index (χ3v) is 1.87. The van der Waals surface area contributed by atoms with Crippen LogP contribution in [0.15, 0.2) is 0 Å². The third kappa shape index (κ3) is 5.76. The molecule has 5 heteroatoms. The van der Waals surface area contributed by atoms with Crippen LogP contribution >= 0.6 is 0 Å². The summed E-state index contributed by atoms with van der Waals surface area (Å²) in [5, 5.41) is 0. The van der Waals surface area contributed by atoms with E-state index in [2.05, 4.69) is 0 Å². The van der Waals surface area contributed by atoms with E-state index in [4.69, 9.17) is 19.0 Å². The molecule has 0 aromatic rings. The van der Waals surface area contributed by atoms with E-state index in [-0.39, 0.29) is 12.1 Å². The van der Waals surface area contributed by atoms with Gasteiger partial charge in [-0.15, -0.1) is 0 Å². The van der Waals surface area contributed by atoms with Crippen molar-refractivity contribution >= 4 is 0 Å². The molecule has 0 radical (unpaired) electrons. The Bertz CT molecular complexity index is 84.7. The van der Waals surface area contributed by atoms with Gasteiger partial charge in [0, 0.05) is 12.1 Å². The van der Waals surface area contributed by atoms with Crippen molar-refractivity contribution in [3.63, 3.8) is 0 Å². The van der Waals surface area contributed by atoms with E-state index in [0.717, 1.165) is 12.8 Å². The van der Waals surface area contributed by atoms with Crippen LogP contribution in [0.1, 0.15) is 25.7 Å². The molecule has 1 saturated carbocycles. The van der Waals surface area contributed by atoms with Gasteiger partial charge in [-0.05, 0) is 12.8 Å². The van der Waals surface area contributed by atoms with Crippen LogP contribution in [0.4, 0.5) is 0 Å². The van der Waals surface area contributed by atoms with Gasteiger partial charge in [0.15, 0.2) is 0 Å². The molecule has 0 unspecified atom stereocenters. The summed E-state index contributed by atoms with van der Waals surface area (Å²) in [6.45, 7) is 0. The van der Waals surface area contributed by atoms with E-state index >= 15 is 0 Å². The van der Waals surface area contributed by atoms with Gasteiger partial charge in [-0.3, -0.25) is 0 Å². The zero-order valence-electron chi connectivity index (χ0n) is 6.35. The Morgan fingerprint density at radius 3 is 1.45 bits per heavy atom. The molecule has 1 fully saturated rings. The second-order valence-electron chi connectivity index (χ2n) is 2.68. The van der Waals surface area contributed by atoms with Crippen molar-refractivity contribution in [3.05, 3.63) is 0 Å². The molecule has 0 spiro atoms. The van der Waals surface area contributed by atoms with E-state index in [9.17, 15) is 0 Å². The van der Waals surface area contributed by atoms with Crippen LogP contribution in [0.5, 0.6) is 0 Å². The Morgan fingerprint density at radius 1 is 1.00 bits per heavy atom. The van der Waals surface area contributed by atoms with Crippen molar-refractivity contribution in [1.82, 2.24) is 0 Å². The summed E-state index contributed by atoms with van der Waals surface area (Å²) >= 11 is -1.42. The van der Waals surface area contributed by atoms with Crippen molar-refractivity contribution in [2.24, 2.45) is 11.5 Å². The Labute approximate surface area is 76.4 Å². The number of nitrogens with two attached hydrogens (primary N) is 2. The Morgan fingerprint density at radius 2 is 1.27 bits per heavy atom. The molecular weight excluding hydrogens is 327 g/mol. The van der Waals surface area contributed by atoms with Crippen LogP contribution in [-0.4, -0.2) is 19.6 Å². The summed E-state index contributed by atoms with van der Waals surface area (Å²) in [6, 6.07) is 0.562. The fraction of sp³-hybridized carbons (Fsp3) is 1.00. The van der Waals surface area contributed by atoms with E-state index in [1.165, 1.54) is 12.8 Å². The average Bonchev–Trinajstić information content (AvgIpc) is 1.97. The van der Waals surface area contributed by atoms with Crippen LogP contribution in [0.2, 0.25) is 0 Å². The van der Waals surface area contributed by atoms with Crippen LogP contribution in [0.25, 0.3) is 0 Å². The van der Waals surface area contributed by atoms with Crippen molar-refractivity contribution in [2.45, 2.75) is 37.8 Å². The predicted molar refractivity (Wildman–Crippen MR) is 38.9 cm³/mol. The summed E-state index contributed by atoms with van der Waals surface area (Å²) in [5.74, 6) is 0. The SMILES string of the molecule is N[C@@H]1CCCC[C@H]1N.[OH][Pt][OH]. The maximum absolute atomic E-state index is 7.24. The van der Waals surface area contributed by atoms with E-state index in [0.29, 0.717) is 0 Å². The summed E-state index contributed by atoms with van der Waals surface area (Å²) in [7, 11) is 0. The van der Waals surface area contributed by atoms with Crippen LogP contribution in [0.3, 0.4) is 0 Å². The summed E-state index contributed by atoms with van der Waals surface area (Å²) in [4.78, 5) is 0. The molecule has 0 heterocycles. The Kier molecular flexibility index (Phi) is 7.54. The minimum absolute atomic E-state index is 0.281. The second kappa shape index (κ2) is 7.19. The molecule has 1 aliphatic carbocycles. The number of hydrogen-bond donors (Lipinski definition) is 4. The van der Waals surface area contributed by atoms with Gasteiger partial charge in [0.05, 0.1) is 0 Å². The van der Waals surface area contributed by atoms with Gasteiger partial charge in [-0.2, -0.15) is 0 Å². The first-order chi connectivity index (χ1) is 5.22. The molecule has 1 rings (SSSR count). The van der Waals surface area contributed by atoms with Crippen molar-refractivity contribution in [2.75, 3.05) is 0 Å². The summed E-state index contributed by atoms with van der Waals surface area (Å²) in [6.07, 6.45) is 4.80. The molecule has 2 atom stereocenters. The quantitative estimate of drug-likeness (QED) is 0.459. The minimum atomic E-state index is -1.42. The molecule has 0 amide bonds. The van der Waals surface area contributed by atoms with Crippen LogP contribution in [-0.2, 0) is 19.3 Å². The molecule has 72 valence electrons. The normalized spacial score (nSPS) is 30.9. The fourth-order valence-corrected chi connectivity index (χ4v) is 1.19. The molecular formula is C6H16N2O2Pt. The number of rotatable bonds is 0. The van der Waals surface area contributed by atoms with E-state index in [1.54, 1.807) is 0 Å². The van der Waals surface area contributed by atoms with Crippen molar-refractivity contribution < 1.29 is 26.8 Å². The predicted octanol–water partition coefficient (Wildman–Crippen LogP) is -0.901.